The van der Waals surface area contributed by atoms with E-state index in [-0.39, 0.29) is 23.8 Å². The Morgan fingerprint density at radius 3 is 2.52 bits per heavy atom. The molecule has 0 spiro atoms. The van der Waals surface area contributed by atoms with Crippen LogP contribution in [0, 0.1) is 12.3 Å². The van der Waals surface area contributed by atoms with Gasteiger partial charge in [0, 0.05) is 12.6 Å². The molecule has 1 aliphatic rings. The summed E-state index contributed by atoms with van der Waals surface area (Å²) in [5.74, 6) is 2.56. The number of rotatable bonds is 4. The molecule has 3 rings (SSSR count). The maximum absolute atomic E-state index is 13.0. The first-order chi connectivity index (χ1) is 12.9. The zero-order valence-corrected chi connectivity index (χ0v) is 15.3. The number of aliphatic hydroxyl groups is 1. The van der Waals surface area contributed by atoms with Crippen LogP contribution in [0.1, 0.15) is 34.8 Å². The van der Waals surface area contributed by atoms with Crippen molar-refractivity contribution < 1.29 is 15.0 Å². The second kappa shape index (κ2) is 7.05. The zero-order valence-electron chi connectivity index (χ0n) is 15.3. The van der Waals surface area contributed by atoms with E-state index in [2.05, 4.69) is 5.92 Å². The molecule has 0 fully saturated rings. The molecule has 0 saturated carbocycles. The van der Waals surface area contributed by atoms with Crippen LogP contribution in [0.2, 0.25) is 0 Å². The van der Waals surface area contributed by atoms with E-state index in [4.69, 9.17) is 6.42 Å². The van der Waals surface area contributed by atoms with Crippen molar-refractivity contribution in [2.45, 2.75) is 18.9 Å². The third-order valence-corrected chi connectivity index (χ3v) is 5.02. The quantitative estimate of drug-likeness (QED) is 0.490. The molecule has 0 aromatic heterocycles. The van der Waals surface area contributed by atoms with E-state index in [1.165, 1.54) is 0 Å². The number of hydrogen-bond donors (Lipinski definition) is 2. The minimum absolute atomic E-state index is 0.0803. The summed E-state index contributed by atoms with van der Waals surface area (Å²) in [6.45, 7) is 1.92. The Morgan fingerprint density at radius 1 is 1.19 bits per heavy atom. The molecule has 0 aliphatic carbocycles. The lowest BCUT2D eigenvalue weighted by Crippen LogP contribution is -2.43. The number of fused-ring (bicyclic) bond motifs is 1. The number of phenols is 1. The molecule has 4 heteroatoms. The van der Waals surface area contributed by atoms with Crippen LogP contribution in [0.5, 0.6) is 5.75 Å². The smallest absolute Gasteiger partial charge is 0.255 e. The first-order valence-electron chi connectivity index (χ1n) is 8.60. The average Bonchev–Trinajstić information content (AvgIpc) is 2.90. The van der Waals surface area contributed by atoms with Crippen LogP contribution < -0.4 is 0 Å². The Balaban J connectivity index is 2.28. The highest BCUT2D eigenvalue weighted by atomic mass is 16.3. The van der Waals surface area contributed by atoms with Gasteiger partial charge < -0.3 is 15.1 Å². The molecule has 0 bridgehead atoms. The number of amides is 1. The van der Waals surface area contributed by atoms with Gasteiger partial charge in [0.2, 0.25) is 0 Å². The zero-order chi connectivity index (χ0) is 19.6. The second-order valence-corrected chi connectivity index (χ2v) is 6.56. The van der Waals surface area contributed by atoms with Crippen molar-refractivity contribution in [2.24, 2.45) is 0 Å². The normalized spacial score (nSPS) is 19.7. The Hall–Kier alpha value is -3.45. The number of benzene rings is 2. The topological polar surface area (TPSA) is 60.8 Å². The van der Waals surface area contributed by atoms with E-state index < -0.39 is 5.54 Å². The van der Waals surface area contributed by atoms with Crippen LogP contribution in [-0.4, -0.2) is 28.1 Å². The largest absolute Gasteiger partial charge is 0.511 e. The van der Waals surface area contributed by atoms with Gasteiger partial charge in [0.05, 0.1) is 6.42 Å². The standard InChI is InChI=1S/C23H21NO3/c1-4-7-18(25)13-10-16(2)23(17-11-14-19(26)15-12-17)21-9-6-5-8-20(21)22(27)24(23)3/h1,5-6,8-15,25-26H,7H2,2-3H3/b16-10+,18-13+. The lowest BCUT2D eigenvalue weighted by Gasteiger charge is -2.39. The van der Waals surface area contributed by atoms with Crippen molar-refractivity contribution in [3.8, 4) is 18.1 Å². The molecule has 1 heterocycles. The summed E-state index contributed by atoms with van der Waals surface area (Å²) in [6.07, 6.45) is 8.73. The lowest BCUT2D eigenvalue weighted by molar-refractivity contribution is 0.0732. The number of hydrogen-bond acceptors (Lipinski definition) is 3. The van der Waals surface area contributed by atoms with Crippen LogP contribution in [0.25, 0.3) is 0 Å². The van der Waals surface area contributed by atoms with Gasteiger partial charge in [-0.15, -0.1) is 6.42 Å². The van der Waals surface area contributed by atoms with Crippen molar-refractivity contribution in [3.63, 3.8) is 0 Å². The van der Waals surface area contributed by atoms with Gasteiger partial charge in [-0.05, 0) is 47.9 Å². The molecule has 27 heavy (non-hydrogen) atoms. The Kier molecular flexibility index (Phi) is 4.79. The molecule has 1 unspecified atom stereocenters. The Morgan fingerprint density at radius 2 is 1.85 bits per heavy atom. The van der Waals surface area contributed by atoms with E-state index in [1.54, 1.807) is 36.2 Å². The monoisotopic (exact) mass is 359 g/mol. The number of nitrogens with zero attached hydrogens (tertiary/aromatic N) is 1. The number of aromatic hydroxyl groups is 1. The second-order valence-electron chi connectivity index (χ2n) is 6.56. The van der Waals surface area contributed by atoms with E-state index in [0.717, 1.165) is 16.7 Å². The molecule has 2 N–H and O–H groups in total. The fourth-order valence-corrected chi connectivity index (χ4v) is 3.76. The summed E-state index contributed by atoms with van der Waals surface area (Å²) in [5, 5.41) is 19.6. The maximum atomic E-state index is 13.0. The van der Waals surface area contributed by atoms with Gasteiger partial charge >= 0.3 is 0 Å². The highest BCUT2D eigenvalue weighted by Crippen LogP contribution is 2.48. The fourth-order valence-electron chi connectivity index (χ4n) is 3.76. The van der Waals surface area contributed by atoms with E-state index in [1.807, 2.05) is 43.3 Å². The molecule has 1 aliphatic heterocycles. The number of carbonyl (C=O) groups excluding carboxylic acids is 1. The molecule has 1 amide bonds. The molecular formula is C23H21NO3. The van der Waals surface area contributed by atoms with Gasteiger partial charge in [0.1, 0.15) is 17.0 Å². The third-order valence-electron chi connectivity index (χ3n) is 5.02. The maximum Gasteiger partial charge on any atom is 0.255 e. The van der Waals surface area contributed by atoms with Crippen molar-refractivity contribution in [2.75, 3.05) is 7.05 Å². The number of likely N-dealkylation sites (N-methyl/N-ethyl adjacent to an activating group) is 1. The highest BCUT2D eigenvalue weighted by molar-refractivity contribution is 6.01. The lowest BCUT2D eigenvalue weighted by atomic mass is 9.77. The molecule has 0 saturated heterocycles. The summed E-state index contributed by atoms with van der Waals surface area (Å²) in [4.78, 5) is 14.7. The Labute approximate surface area is 159 Å². The number of carbonyl (C=O) groups is 1. The molecule has 136 valence electrons. The molecule has 2 aromatic rings. The summed E-state index contributed by atoms with van der Waals surface area (Å²) >= 11 is 0. The third kappa shape index (κ3) is 2.88. The number of terminal acetylenes is 1. The molecule has 4 nitrogen and oxygen atoms in total. The van der Waals surface area contributed by atoms with Crippen molar-refractivity contribution >= 4 is 5.91 Å². The fraction of sp³-hybridized carbons (Fsp3) is 0.174. The van der Waals surface area contributed by atoms with Crippen molar-refractivity contribution in [1.29, 1.82) is 0 Å². The summed E-state index contributed by atoms with van der Waals surface area (Å²) in [5.41, 5.74) is 2.35. The van der Waals surface area contributed by atoms with Gasteiger partial charge in [0.15, 0.2) is 0 Å². The van der Waals surface area contributed by atoms with Crippen LogP contribution in [0.15, 0.2) is 72.0 Å². The first kappa shape index (κ1) is 18.3. The van der Waals surface area contributed by atoms with Crippen LogP contribution in [0.4, 0.5) is 0 Å². The highest BCUT2D eigenvalue weighted by Gasteiger charge is 2.49. The Bertz CT molecular complexity index is 979. The predicted octanol–water partition coefficient (Wildman–Crippen LogP) is 4.13. The van der Waals surface area contributed by atoms with Crippen LogP contribution >= 0.6 is 0 Å². The van der Waals surface area contributed by atoms with Crippen LogP contribution in [-0.2, 0) is 5.54 Å². The van der Waals surface area contributed by atoms with Gasteiger partial charge in [-0.25, -0.2) is 0 Å². The van der Waals surface area contributed by atoms with Gasteiger partial charge in [-0.2, -0.15) is 0 Å². The summed E-state index contributed by atoms with van der Waals surface area (Å²) in [7, 11) is 1.76. The average molecular weight is 359 g/mol. The van der Waals surface area contributed by atoms with Crippen LogP contribution in [0.3, 0.4) is 0 Å². The van der Waals surface area contributed by atoms with Gasteiger partial charge in [-0.3, -0.25) is 4.79 Å². The van der Waals surface area contributed by atoms with Gasteiger partial charge in [0.25, 0.3) is 5.91 Å². The van der Waals surface area contributed by atoms with Crippen molar-refractivity contribution in [1.82, 2.24) is 4.90 Å². The van der Waals surface area contributed by atoms with E-state index in [0.29, 0.717) is 5.56 Å². The summed E-state index contributed by atoms with van der Waals surface area (Å²) < 4.78 is 0. The minimum Gasteiger partial charge on any atom is -0.511 e. The molecule has 2 aromatic carbocycles. The van der Waals surface area contributed by atoms with E-state index in [9.17, 15) is 15.0 Å². The first-order valence-corrected chi connectivity index (χ1v) is 8.60. The number of phenolic OH excluding ortho intramolecular Hbond substituents is 1. The molecular weight excluding hydrogens is 338 g/mol. The SMILES string of the molecule is C#CC/C(O)=C\C=C(/C)C1(c2ccc(O)cc2)c2ccccc2C(=O)N1C. The number of allylic oxidation sites excluding steroid dienone is 3. The molecule has 1 atom stereocenters. The van der Waals surface area contributed by atoms with Crippen molar-refractivity contribution in [3.05, 3.63) is 88.7 Å². The predicted molar refractivity (Wildman–Crippen MR) is 105 cm³/mol. The number of aliphatic hydroxyl groups excluding tert-OH is 1. The van der Waals surface area contributed by atoms with E-state index >= 15 is 0 Å². The minimum atomic E-state index is -0.839. The molecule has 0 radical (unpaired) electrons. The van der Waals surface area contributed by atoms with Gasteiger partial charge in [-0.1, -0.05) is 42.3 Å². The summed E-state index contributed by atoms with van der Waals surface area (Å²) in [6, 6.07) is 14.3.